The van der Waals surface area contributed by atoms with E-state index in [4.69, 9.17) is 4.98 Å². The lowest BCUT2D eigenvalue weighted by atomic mass is 9.87. The Hall–Kier alpha value is -3.22. The number of carboxylic acid groups (broad SMARTS) is 1. The van der Waals surface area contributed by atoms with Crippen LogP contribution in [0.5, 0.6) is 0 Å². The minimum absolute atomic E-state index is 0.252. The van der Waals surface area contributed by atoms with E-state index in [0.29, 0.717) is 5.82 Å². The molecule has 3 aromatic rings. The molecule has 0 aliphatic carbocycles. The molecule has 0 unspecified atom stereocenters. The number of anilines is 1. The van der Waals surface area contributed by atoms with Crippen molar-refractivity contribution in [2.24, 2.45) is 5.92 Å². The molecule has 0 radical (unpaired) electrons. The summed E-state index contributed by atoms with van der Waals surface area (Å²) in [6, 6.07) is 10.6. The van der Waals surface area contributed by atoms with Gasteiger partial charge in [0.25, 0.3) is 0 Å². The van der Waals surface area contributed by atoms with Crippen LogP contribution in [0.15, 0.2) is 48.8 Å². The fraction of sp³-hybridized carbons (Fsp3) is 0.440. The number of nitrogens with one attached hydrogen (secondary N) is 2. The molecule has 0 saturated heterocycles. The molecule has 7 heteroatoms. The van der Waals surface area contributed by atoms with E-state index in [-0.39, 0.29) is 5.56 Å². The predicted molar refractivity (Wildman–Crippen MR) is 129 cm³/mol. The number of carboxylic acids is 1. The Morgan fingerprint density at radius 3 is 2.28 bits per heavy atom. The van der Waals surface area contributed by atoms with Gasteiger partial charge in [0.2, 0.25) is 0 Å². The number of nitrogens with zero attached hydrogens (tertiary/aromatic N) is 3. The molecule has 0 bridgehead atoms. The fourth-order valence-electron chi connectivity index (χ4n) is 3.51. The van der Waals surface area contributed by atoms with Gasteiger partial charge in [-0.1, -0.05) is 53.5 Å². The topological polar surface area (TPSA) is 104 Å². The van der Waals surface area contributed by atoms with E-state index in [0.717, 1.165) is 48.7 Å². The lowest BCUT2D eigenvalue weighted by Gasteiger charge is -2.33. The van der Waals surface area contributed by atoms with E-state index < -0.39 is 11.5 Å². The Bertz CT molecular complexity index is 960. The van der Waals surface area contributed by atoms with Gasteiger partial charge in [0, 0.05) is 23.6 Å². The Balaban J connectivity index is 0.000000837. The zero-order valence-electron chi connectivity index (χ0n) is 19.7. The molecule has 0 spiro atoms. The minimum atomic E-state index is -0.945. The van der Waals surface area contributed by atoms with Crippen LogP contribution in [0.1, 0.15) is 76.5 Å². The van der Waals surface area contributed by atoms with Crippen molar-refractivity contribution in [2.75, 3.05) is 5.32 Å². The summed E-state index contributed by atoms with van der Waals surface area (Å²) in [5, 5.41) is 20.4. The highest BCUT2D eigenvalue weighted by Crippen LogP contribution is 2.34. The first-order chi connectivity index (χ1) is 15.3. The number of aromatic nitrogens is 4. The van der Waals surface area contributed by atoms with E-state index in [2.05, 4.69) is 55.1 Å². The second-order valence-corrected chi connectivity index (χ2v) is 8.57. The van der Waals surface area contributed by atoms with Crippen molar-refractivity contribution >= 4 is 11.7 Å². The van der Waals surface area contributed by atoms with Gasteiger partial charge in [0.15, 0.2) is 11.6 Å². The molecule has 2 heterocycles. The standard InChI is InChI=1S/C21H25N5O2.C4H10/c1-3-10-21(11-4-2,24-17-7-5-6-16(14-17)19(27)28)20-23-18(25-26-20)15-8-12-22-13-9-15;1-4(2)3/h5-9,12-14,24H,3-4,10-11H2,1-2H3,(H,27,28)(H,23,25,26);4H,1-3H3. The summed E-state index contributed by atoms with van der Waals surface area (Å²) in [6.07, 6.45) is 6.98. The second-order valence-electron chi connectivity index (χ2n) is 8.57. The number of aromatic carboxylic acids is 1. The van der Waals surface area contributed by atoms with Crippen LogP contribution in [0.3, 0.4) is 0 Å². The quantitative estimate of drug-likeness (QED) is 0.372. The van der Waals surface area contributed by atoms with Gasteiger partial charge in [-0.15, -0.1) is 0 Å². The van der Waals surface area contributed by atoms with Crippen LogP contribution in [0.2, 0.25) is 0 Å². The van der Waals surface area contributed by atoms with Crippen molar-refractivity contribution < 1.29 is 9.90 Å². The lowest BCUT2D eigenvalue weighted by molar-refractivity contribution is 0.0697. The number of benzene rings is 1. The van der Waals surface area contributed by atoms with E-state index in [9.17, 15) is 9.90 Å². The average Bonchev–Trinajstić information content (AvgIpc) is 3.25. The van der Waals surface area contributed by atoms with Gasteiger partial charge in [-0.05, 0) is 49.1 Å². The first-order valence-electron chi connectivity index (χ1n) is 11.3. The highest BCUT2D eigenvalue weighted by Gasteiger charge is 2.34. The molecule has 0 saturated carbocycles. The second kappa shape index (κ2) is 12.0. The maximum atomic E-state index is 11.3. The zero-order valence-corrected chi connectivity index (χ0v) is 19.7. The van der Waals surface area contributed by atoms with Crippen LogP contribution in [-0.4, -0.2) is 31.2 Å². The molecule has 7 nitrogen and oxygen atoms in total. The average molecular weight is 438 g/mol. The molecule has 3 N–H and O–H groups in total. The highest BCUT2D eigenvalue weighted by atomic mass is 16.4. The predicted octanol–water partition coefficient (Wildman–Crippen LogP) is 6.13. The van der Waals surface area contributed by atoms with Crippen LogP contribution in [0.25, 0.3) is 11.4 Å². The third kappa shape index (κ3) is 6.90. The Labute approximate surface area is 190 Å². The molecule has 32 heavy (non-hydrogen) atoms. The third-order valence-corrected chi connectivity index (χ3v) is 4.72. The Morgan fingerprint density at radius 2 is 1.72 bits per heavy atom. The highest BCUT2D eigenvalue weighted by molar-refractivity contribution is 5.88. The molecule has 2 aromatic heterocycles. The number of aromatic amines is 1. The monoisotopic (exact) mass is 437 g/mol. The lowest BCUT2D eigenvalue weighted by Crippen LogP contribution is -2.36. The number of hydrogen-bond donors (Lipinski definition) is 3. The Kier molecular flexibility index (Phi) is 9.38. The summed E-state index contributed by atoms with van der Waals surface area (Å²) in [5.74, 6) is 1.26. The summed E-state index contributed by atoms with van der Waals surface area (Å²) >= 11 is 0. The molecule has 0 amide bonds. The van der Waals surface area contributed by atoms with E-state index in [1.165, 1.54) is 0 Å². The summed E-state index contributed by atoms with van der Waals surface area (Å²) in [5.41, 5.74) is 1.44. The smallest absolute Gasteiger partial charge is 0.335 e. The van der Waals surface area contributed by atoms with Crippen molar-refractivity contribution in [3.05, 3.63) is 60.2 Å². The molecule has 3 rings (SSSR count). The molecule has 0 atom stereocenters. The summed E-state index contributed by atoms with van der Waals surface area (Å²) in [6.45, 7) is 10.7. The van der Waals surface area contributed by atoms with Crippen LogP contribution in [-0.2, 0) is 5.54 Å². The maximum absolute atomic E-state index is 11.3. The van der Waals surface area contributed by atoms with Crippen molar-refractivity contribution in [1.82, 2.24) is 20.2 Å². The largest absolute Gasteiger partial charge is 0.478 e. The van der Waals surface area contributed by atoms with Crippen LogP contribution >= 0.6 is 0 Å². The van der Waals surface area contributed by atoms with Gasteiger partial charge >= 0.3 is 5.97 Å². The molecule has 0 fully saturated rings. The molecular formula is C25H35N5O2. The van der Waals surface area contributed by atoms with Crippen molar-refractivity contribution in [1.29, 1.82) is 0 Å². The number of hydrogen-bond acceptors (Lipinski definition) is 5. The SMILES string of the molecule is CC(C)C.CCCC(CCC)(Nc1cccc(C(=O)O)c1)c1nc(-c2ccncc2)n[nH]1. The van der Waals surface area contributed by atoms with E-state index in [1.54, 1.807) is 30.6 Å². The molecule has 1 aromatic carbocycles. The van der Waals surface area contributed by atoms with Crippen LogP contribution in [0, 0.1) is 5.92 Å². The molecule has 0 aliphatic rings. The zero-order chi connectivity index (χ0) is 23.6. The van der Waals surface area contributed by atoms with Gasteiger partial charge in [-0.3, -0.25) is 10.1 Å². The normalized spacial score (nSPS) is 11.1. The van der Waals surface area contributed by atoms with Gasteiger partial charge in [-0.25, -0.2) is 9.78 Å². The van der Waals surface area contributed by atoms with Crippen molar-refractivity contribution in [3.63, 3.8) is 0 Å². The summed E-state index contributed by atoms with van der Waals surface area (Å²) < 4.78 is 0. The van der Waals surface area contributed by atoms with E-state index >= 15 is 0 Å². The van der Waals surface area contributed by atoms with Crippen LogP contribution < -0.4 is 5.32 Å². The molecular weight excluding hydrogens is 402 g/mol. The van der Waals surface area contributed by atoms with Gasteiger partial charge < -0.3 is 10.4 Å². The van der Waals surface area contributed by atoms with Crippen molar-refractivity contribution in [2.45, 2.75) is 65.8 Å². The van der Waals surface area contributed by atoms with Crippen molar-refractivity contribution in [3.8, 4) is 11.4 Å². The number of carbonyl (C=O) groups is 1. The number of rotatable bonds is 9. The first kappa shape index (κ1) is 25.0. The first-order valence-corrected chi connectivity index (χ1v) is 11.3. The minimum Gasteiger partial charge on any atom is -0.478 e. The third-order valence-electron chi connectivity index (χ3n) is 4.72. The number of H-pyrrole nitrogens is 1. The van der Waals surface area contributed by atoms with Gasteiger partial charge in [0.1, 0.15) is 0 Å². The van der Waals surface area contributed by atoms with Gasteiger partial charge in [-0.2, -0.15) is 5.10 Å². The maximum Gasteiger partial charge on any atom is 0.335 e. The number of pyridine rings is 1. The summed E-state index contributed by atoms with van der Waals surface area (Å²) in [4.78, 5) is 20.1. The molecule has 172 valence electrons. The van der Waals surface area contributed by atoms with Gasteiger partial charge in [0.05, 0.1) is 11.1 Å². The fourth-order valence-corrected chi connectivity index (χ4v) is 3.51. The van der Waals surface area contributed by atoms with Crippen LogP contribution in [0.4, 0.5) is 5.69 Å². The van der Waals surface area contributed by atoms with E-state index in [1.807, 2.05) is 18.2 Å². The molecule has 0 aliphatic heterocycles. The Morgan fingerprint density at radius 1 is 1.09 bits per heavy atom. The summed E-state index contributed by atoms with van der Waals surface area (Å²) in [7, 11) is 0.